The van der Waals surface area contributed by atoms with Gasteiger partial charge < -0.3 is 10.1 Å². The first-order chi connectivity index (χ1) is 4.88. The van der Waals surface area contributed by atoms with Crippen molar-refractivity contribution in [3.63, 3.8) is 0 Å². The molecule has 1 heterocycles. The smallest absolute Gasteiger partial charge is 0.132 e. The van der Waals surface area contributed by atoms with E-state index in [0.717, 1.165) is 13.2 Å². The monoisotopic (exact) mass is 143 g/mol. The molecule has 0 amide bonds. The van der Waals surface area contributed by atoms with Crippen molar-refractivity contribution >= 4 is 6.72 Å². The number of hydrogen-bond donors (Lipinski definition) is 2. The largest absolute Gasteiger partial charge is 0.364 e. The highest BCUT2D eigenvalue weighted by molar-refractivity contribution is 5.24. The average molecular weight is 143 g/mol. The van der Waals surface area contributed by atoms with Gasteiger partial charge in [-0.3, -0.25) is 10.3 Å². The summed E-state index contributed by atoms with van der Waals surface area (Å²) >= 11 is 0. The van der Waals surface area contributed by atoms with Crippen LogP contribution in [-0.4, -0.2) is 39.3 Å². The van der Waals surface area contributed by atoms with Crippen molar-refractivity contribution in [1.29, 1.82) is 0 Å². The molecule has 58 valence electrons. The number of ether oxygens (including phenoxy) is 1. The molecule has 2 N–H and O–H groups in total. The lowest BCUT2D eigenvalue weighted by Gasteiger charge is -2.28. The molecule has 2 unspecified atom stereocenters. The normalized spacial score (nSPS) is 33.7. The van der Waals surface area contributed by atoms with Crippen LogP contribution in [0.2, 0.25) is 0 Å². The third-order valence-electron chi connectivity index (χ3n) is 1.62. The molecule has 0 aromatic heterocycles. The molecule has 0 aromatic carbocycles. The third-order valence-corrected chi connectivity index (χ3v) is 1.62. The van der Waals surface area contributed by atoms with E-state index < -0.39 is 0 Å². The van der Waals surface area contributed by atoms with E-state index in [2.05, 4.69) is 22.3 Å². The van der Waals surface area contributed by atoms with Gasteiger partial charge in [-0.2, -0.15) is 0 Å². The number of nitrogens with zero attached hydrogens (tertiary/aromatic N) is 1. The molecule has 1 rings (SSSR count). The summed E-state index contributed by atoms with van der Waals surface area (Å²) in [7, 11) is 1.67. The molecule has 1 aliphatic heterocycles. The molecule has 0 spiro atoms. The van der Waals surface area contributed by atoms with Gasteiger partial charge in [-0.15, -0.1) is 0 Å². The quantitative estimate of drug-likeness (QED) is 0.496. The van der Waals surface area contributed by atoms with Crippen molar-refractivity contribution < 1.29 is 4.74 Å². The summed E-state index contributed by atoms with van der Waals surface area (Å²) < 4.78 is 5.11. The van der Waals surface area contributed by atoms with Crippen LogP contribution in [-0.2, 0) is 4.74 Å². The van der Waals surface area contributed by atoms with Gasteiger partial charge >= 0.3 is 0 Å². The van der Waals surface area contributed by atoms with Gasteiger partial charge in [0, 0.05) is 20.3 Å². The summed E-state index contributed by atoms with van der Waals surface area (Å²) in [5.41, 5.74) is 0. The number of rotatable bonds is 2. The molecule has 0 saturated carbocycles. The van der Waals surface area contributed by atoms with Crippen molar-refractivity contribution in [1.82, 2.24) is 10.6 Å². The first kappa shape index (κ1) is 7.65. The molecule has 0 aromatic rings. The van der Waals surface area contributed by atoms with Crippen molar-refractivity contribution in [3.05, 3.63) is 0 Å². The van der Waals surface area contributed by atoms with Gasteiger partial charge in [0.15, 0.2) is 0 Å². The van der Waals surface area contributed by atoms with Gasteiger partial charge in [0.2, 0.25) is 0 Å². The van der Waals surface area contributed by atoms with E-state index in [9.17, 15) is 0 Å². The van der Waals surface area contributed by atoms with E-state index in [1.54, 1.807) is 7.11 Å². The number of aliphatic imine (C=N–C) groups is 1. The Morgan fingerprint density at radius 1 is 1.70 bits per heavy atom. The number of methoxy groups -OCH3 is 1. The number of hydrogen-bond acceptors (Lipinski definition) is 4. The maximum Gasteiger partial charge on any atom is 0.132 e. The predicted octanol–water partition coefficient (Wildman–Crippen LogP) is -0.822. The molecule has 10 heavy (non-hydrogen) atoms. The molecule has 4 heteroatoms. The van der Waals surface area contributed by atoms with Crippen LogP contribution in [0.5, 0.6) is 0 Å². The summed E-state index contributed by atoms with van der Waals surface area (Å²) in [6.45, 7) is 5.10. The lowest BCUT2D eigenvalue weighted by Crippen LogP contribution is -2.54. The molecule has 4 nitrogen and oxygen atoms in total. The Kier molecular flexibility index (Phi) is 2.80. The van der Waals surface area contributed by atoms with Crippen molar-refractivity contribution in [2.45, 2.75) is 12.3 Å². The zero-order valence-corrected chi connectivity index (χ0v) is 6.13. The minimum atomic E-state index is 0.0266. The Balaban J connectivity index is 2.41. The lowest BCUT2D eigenvalue weighted by molar-refractivity contribution is 0.0375. The topological polar surface area (TPSA) is 45.7 Å². The second-order valence-corrected chi connectivity index (χ2v) is 2.24. The second kappa shape index (κ2) is 3.65. The van der Waals surface area contributed by atoms with Crippen LogP contribution in [0, 0.1) is 0 Å². The van der Waals surface area contributed by atoms with Crippen LogP contribution in [0.4, 0.5) is 0 Å². The van der Waals surface area contributed by atoms with Gasteiger partial charge in [-0.25, -0.2) is 0 Å². The SMILES string of the molecule is C=NC1CNCNC1OC. The minimum Gasteiger partial charge on any atom is -0.364 e. The van der Waals surface area contributed by atoms with E-state index in [0.29, 0.717) is 0 Å². The highest BCUT2D eigenvalue weighted by atomic mass is 16.5. The Labute approximate surface area is 60.7 Å². The van der Waals surface area contributed by atoms with Crippen molar-refractivity contribution in [3.8, 4) is 0 Å². The second-order valence-electron chi connectivity index (χ2n) is 2.24. The Morgan fingerprint density at radius 2 is 2.50 bits per heavy atom. The molecule has 0 bridgehead atoms. The summed E-state index contributed by atoms with van der Waals surface area (Å²) in [5.74, 6) is 0. The van der Waals surface area contributed by atoms with Crippen LogP contribution >= 0.6 is 0 Å². The standard InChI is InChI=1S/C6H13N3O/c1-7-5-3-8-4-9-6(5)10-2/h5-6,8-9H,1,3-4H2,2H3. The van der Waals surface area contributed by atoms with Crippen molar-refractivity contribution in [2.75, 3.05) is 20.3 Å². The fourth-order valence-electron chi connectivity index (χ4n) is 1.04. The van der Waals surface area contributed by atoms with E-state index in [4.69, 9.17) is 4.74 Å². The minimum absolute atomic E-state index is 0.0266. The van der Waals surface area contributed by atoms with Gasteiger partial charge in [0.25, 0.3) is 0 Å². The van der Waals surface area contributed by atoms with E-state index in [1.165, 1.54) is 0 Å². The van der Waals surface area contributed by atoms with Gasteiger partial charge in [-0.05, 0) is 6.72 Å². The molecule has 1 saturated heterocycles. The van der Waals surface area contributed by atoms with Crippen LogP contribution in [0.25, 0.3) is 0 Å². The van der Waals surface area contributed by atoms with E-state index >= 15 is 0 Å². The highest BCUT2D eigenvalue weighted by Crippen LogP contribution is 2.00. The Morgan fingerprint density at radius 3 is 3.00 bits per heavy atom. The summed E-state index contributed by atoms with van der Waals surface area (Å²) in [6, 6.07) is 0.138. The van der Waals surface area contributed by atoms with Crippen LogP contribution in [0.1, 0.15) is 0 Å². The van der Waals surface area contributed by atoms with Gasteiger partial charge in [-0.1, -0.05) is 0 Å². The first-order valence-corrected chi connectivity index (χ1v) is 3.31. The summed E-state index contributed by atoms with van der Waals surface area (Å²) in [4.78, 5) is 3.90. The fraction of sp³-hybridized carbons (Fsp3) is 0.833. The predicted molar refractivity (Wildman–Crippen MR) is 40.1 cm³/mol. The molecule has 0 radical (unpaired) electrons. The van der Waals surface area contributed by atoms with Gasteiger partial charge in [0.05, 0.1) is 0 Å². The molecule has 1 fully saturated rings. The van der Waals surface area contributed by atoms with Crippen LogP contribution in [0.3, 0.4) is 0 Å². The van der Waals surface area contributed by atoms with Gasteiger partial charge in [0.1, 0.15) is 12.3 Å². The van der Waals surface area contributed by atoms with E-state index in [1.807, 2.05) is 0 Å². The average Bonchev–Trinajstić information content (AvgIpc) is 2.04. The Bertz CT molecular complexity index is 118. The van der Waals surface area contributed by atoms with Crippen LogP contribution < -0.4 is 10.6 Å². The first-order valence-electron chi connectivity index (χ1n) is 3.31. The maximum atomic E-state index is 5.11. The fourth-order valence-corrected chi connectivity index (χ4v) is 1.04. The third kappa shape index (κ3) is 1.53. The summed E-state index contributed by atoms with van der Waals surface area (Å²) in [6.07, 6.45) is 0.0266. The molecule has 0 aliphatic carbocycles. The molecule has 1 aliphatic rings. The van der Waals surface area contributed by atoms with Crippen LogP contribution in [0.15, 0.2) is 4.99 Å². The molecular formula is C6H13N3O. The zero-order valence-electron chi connectivity index (χ0n) is 6.13. The number of nitrogens with one attached hydrogen (secondary N) is 2. The lowest BCUT2D eigenvalue weighted by atomic mass is 10.2. The van der Waals surface area contributed by atoms with Crippen molar-refractivity contribution in [2.24, 2.45) is 4.99 Å². The Hall–Kier alpha value is -0.450. The summed E-state index contributed by atoms with van der Waals surface area (Å²) in [5, 5.41) is 6.23. The van der Waals surface area contributed by atoms with E-state index in [-0.39, 0.29) is 12.3 Å². The molecular weight excluding hydrogens is 130 g/mol. The molecule has 2 atom stereocenters. The zero-order chi connectivity index (χ0) is 7.40. The maximum absolute atomic E-state index is 5.11. The highest BCUT2D eigenvalue weighted by Gasteiger charge is 2.21.